The number of nitrogens with zero attached hydrogens (tertiary/aromatic N) is 1. The summed E-state index contributed by atoms with van der Waals surface area (Å²) in [6.07, 6.45) is 0.944. The van der Waals surface area contributed by atoms with E-state index < -0.39 is 0 Å². The van der Waals surface area contributed by atoms with Crippen molar-refractivity contribution in [1.29, 1.82) is 0 Å². The van der Waals surface area contributed by atoms with Crippen molar-refractivity contribution in [3.8, 4) is 0 Å². The van der Waals surface area contributed by atoms with Crippen molar-refractivity contribution >= 4 is 33.8 Å². The number of hydrogen-bond donors (Lipinski definition) is 1. The summed E-state index contributed by atoms with van der Waals surface area (Å²) in [7, 11) is 0. The summed E-state index contributed by atoms with van der Waals surface area (Å²) in [6.45, 7) is 6.13. The summed E-state index contributed by atoms with van der Waals surface area (Å²) in [6, 6.07) is 4.33. The highest BCUT2D eigenvalue weighted by Crippen LogP contribution is 2.32. The lowest BCUT2D eigenvalue weighted by Crippen LogP contribution is -2.12. The summed E-state index contributed by atoms with van der Waals surface area (Å²) in [5.74, 6) is -0.303. The second-order valence-electron chi connectivity index (χ2n) is 4.31. The first-order valence-electron chi connectivity index (χ1n) is 6.60. The Morgan fingerprint density at radius 3 is 2.90 bits per heavy atom. The molecule has 2 aromatic rings. The Kier molecular flexibility index (Phi) is 5.14. The molecule has 0 amide bonds. The number of esters is 1. The molecular weight excluding hydrogens is 292 g/mol. The van der Waals surface area contributed by atoms with E-state index in [0.717, 1.165) is 17.1 Å². The zero-order valence-corrected chi connectivity index (χ0v) is 13.4. The Hall–Kier alpha value is -1.40. The van der Waals surface area contributed by atoms with Gasteiger partial charge in [0.1, 0.15) is 10.6 Å². The van der Waals surface area contributed by atoms with Crippen LogP contribution in [0.15, 0.2) is 17.5 Å². The molecular formula is C14H18N2O2S2. The molecule has 108 valence electrons. The molecule has 1 unspecified atom stereocenters. The number of anilines is 1. The topological polar surface area (TPSA) is 51.2 Å². The van der Waals surface area contributed by atoms with Crippen LogP contribution in [0.2, 0.25) is 0 Å². The Morgan fingerprint density at radius 2 is 2.30 bits per heavy atom. The van der Waals surface area contributed by atoms with Crippen molar-refractivity contribution < 1.29 is 9.53 Å². The second-order valence-corrected chi connectivity index (χ2v) is 6.07. The van der Waals surface area contributed by atoms with Gasteiger partial charge < -0.3 is 10.1 Å². The first kappa shape index (κ1) is 15.0. The molecule has 0 fully saturated rings. The van der Waals surface area contributed by atoms with Gasteiger partial charge in [-0.05, 0) is 43.2 Å². The number of thiophene rings is 1. The number of nitrogens with one attached hydrogen (secondary N) is 1. The fourth-order valence-corrected chi connectivity index (χ4v) is 3.63. The molecule has 2 aromatic heterocycles. The van der Waals surface area contributed by atoms with Gasteiger partial charge in [-0.1, -0.05) is 13.0 Å². The number of aromatic nitrogens is 1. The van der Waals surface area contributed by atoms with Crippen LogP contribution in [0, 0.1) is 6.92 Å². The number of rotatable bonds is 6. The highest BCUT2D eigenvalue weighted by Gasteiger charge is 2.22. The molecule has 0 radical (unpaired) electrons. The largest absolute Gasteiger partial charge is 0.462 e. The lowest BCUT2D eigenvalue weighted by molar-refractivity contribution is 0.0527. The van der Waals surface area contributed by atoms with Gasteiger partial charge in [-0.3, -0.25) is 0 Å². The van der Waals surface area contributed by atoms with Crippen LogP contribution < -0.4 is 5.32 Å². The van der Waals surface area contributed by atoms with E-state index in [4.69, 9.17) is 4.74 Å². The van der Waals surface area contributed by atoms with E-state index in [9.17, 15) is 4.79 Å². The Bertz CT molecular complexity index is 564. The minimum atomic E-state index is -0.303. The van der Waals surface area contributed by atoms with Crippen molar-refractivity contribution in [1.82, 2.24) is 4.37 Å². The van der Waals surface area contributed by atoms with Crippen LogP contribution in [0.3, 0.4) is 0 Å². The van der Waals surface area contributed by atoms with Gasteiger partial charge in [-0.2, -0.15) is 4.37 Å². The molecule has 1 atom stereocenters. The third-order valence-corrected chi connectivity index (χ3v) is 4.80. The number of aryl methyl sites for hydroxylation is 1. The minimum Gasteiger partial charge on any atom is -0.462 e. The average Bonchev–Trinajstić information content (AvgIpc) is 3.06. The number of ether oxygens (including phenoxy) is 1. The molecule has 0 saturated heterocycles. The molecule has 20 heavy (non-hydrogen) atoms. The molecule has 0 aliphatic heterocycles. The van der Waals surface area contributed by atoms with Crippen molar-refractivity contribution in [2.24, 2.45) is 0 Å². The molecule has 0 saturated carbocycles. The van der Waals surface area contributed by atoms with Gasteiger partial charge >= 0.3 is 5.97 Å². The van der Waals surface area contributed by atoms with Gasteiger partial charge in [0, 0.05) is 4.88 Å². The second kappa shape index (κ2) is 6.85. The van der Waals surface area contributed by atoms with Crippen LogP contribution >= 0.6 is 22.9 Å². The van der Waals surface area contributed by atoms with E-state index in [1.165, 1.54) is 16.4 Å². The average molecular weight is 310 g/mol. The number of carbonyl (C=O) groups is 1. The lowest BCUT2D eigenvalue weighted by atomic mass is 10.1. The van der Waals surface area contributed by atoms with Crippen LogP contribution in [-0.2, 0) is 4.74 Å². The van der Waals surface area contributed by atoms with Gasteiger partial charge in [0.25, 0.3) is 0 Å². The summed E-state index contributed by atoms with van der Waals surface area (Å²) < 4.78 is 9.37. The predicted molar refractivity (Wildman–Crippen MR) is 83.8 cm³/mol. The molecule has 2 heterocycles. The van der Waals surface area contributed by atoms with Gasteiger partial charge in [0.2, 0.25) is 0 Å². The van der Waals surface area contributed by atoms with E-state index >= 15 is 0 Å². The van der Waals surface area contributed by atoms with Gasteiger partial charge in [0.05, 0.1) is 18.3 Å². The van der Waals surface area contributed by atoms with E-state index in [1.54, 1.807) is 18.3 Å². The third kappa shape index (κ3) is 3.19. The lowest BCUT2D eigenvalue weighted by Gasteiger charge is -2.16. The fraction of sp³-hybridized carbons (Fsp3) is 0.429. The van der Waals surface area contributed by atoms with E-state index in [2.05, 4.69) is 28.1 Å². The Morgan fingerprint density at radius 1 is 1.50 bits per heavy atom. The normalized spacial score (nSPS) is 12.2. The monoisotopic (exact) mass is 310 g/mol. The number of hydrogen-bond acceptors (Lipinski definition) is 6. The molecule has 0 aliphatic carbocycles. The molecule has 0 aliphatic rings. The standard InChI is InChI=1S/C14H18N2O2S2/c1-4-10(11-7-6-8-19-11)15-13-12(9(3)16-20-13)14(17)18-5-2/h6-8,10,15H,4-5H2,1-3H3. The first-order valence-corrected chi connectivity index (χ1v) is 8.26. The van der Waals surface area contributed by atoms with Gasteiger partial charge in [0.15, 0.2) is 0 Å². The molecule has 6 heteroatoms. The highest BCUT2D eigenvalue weighted by molar-refractivity contribution is 7.11. The summed E-state index contributed by atoms with van der Waals surface area (Å²) in [5.41, 5.74) is 1.28. The van der Waals surface area contributed by atoms with Crippen LogP contribution in [0.4, 0.5) is 5.00 Å². The van der Waals surface area contributed by atoms with Crippen LogP contribution in [0.5, 0.6) is 0 Å². The molecule has 1 N–H and O–H groups in total. The first-order chi connectivity index (χ1) is 9.67. The maximum Gasteiger partial charge on any atom is 0.343 e. The van der Waals surface area contributed by atoms with E-state index in [0.29, 0.717) is 12.2 Å². The molecule has 0 aromatic carbocycles. The Labute approximate surface area is 127 Å². The maximum atomic E-state index is 12.0. The quantitative estimate of drug-likeness (QED) is 0.810. The van der Waals surface area contributed by atoms with E-state index in [1.807, 2.05) is 13.0 Å². The Balaban J connectivity index is 2.23. The van der Waals surface area contributed by atoms with Crippen LogP contribution in [0.25, 0.3) is 0 Å². The smallest absolute Gasteiger partial charge is 0.343 e. The van der Waals surface area contributed by atoms with Crippen molar-refractivity contribution in [2.75, 3.05) is 11.9 Å². The van der Waals surface area contributed by atoms with Crippen LogP contribution in [0.1, 0.15) is 47.2 Å². The number of carbonyl (C=O) groups excluding carboxylic acids is 1. The molecule has 4 nitrogen and oxygen atoms in total. The molecule has 0 bridgehead atoms. The van der Waals surface area contributed by atoms with Gasteiger partial charge in [-0.15, -0.1) is 11.3 Å². The van der Waals surface area contributed by atoms with Gasteiger partial charge in [-0.25, -0.2) is 4.79 Å². The molecule has 2 rings (SSSR count). The zero-order valence-electron chi connectivity index (χ0n) is 11.8. The van der Waals surface area contributed by atoms with Crippen LogP contribution in [-0.4, -0.2) is 16.9 Å². The summed E-state index contributed by atoms with van der Waals surface area (Å²) in [4.78, 5) is 13.3. The predicted octanol–water partition coefficient (Wildman–Crippen LogP) is 4.25. The zero-order chi connectivity index (χ0) is 14.5. The fourth-order valence-electron chi connectivity index (χ4n) is 1.93. The molecule has 0 spiro atoms. The minimum absolute atomic E-state index is 0.197. The van der Waals surface area contributed by atoms with E-state index in [-0.39, 0.29) is 12.0 Å². The third-order valence-electron chi connectivity index (χ3n) is 2.94. The summed E-state index contributed by atoms with van der Waals surface area (Å²) in [5, 5.41) is 6.28. The van der Waals surface area contributed by atoms with Crippen molar-refractivity contribution in [2.45, 2.75) is 33.2 Å². The van der Waals surface area contributed by atoms with Crippen molar-refractivity contribution in [3.63, 3.8) is 0 Å². The SMILES string of the molecule is CCOC(=O)c1c(C)nsc1NC(CC)c1cccs1. The highest BCUT2D eigenvalue weighted by atomic mass is 32.1. The van der Waals surface area contributed by atoms with Crippen molar-refractivity contribution in [3.05, 3.63) is 33.6 Å². The summed E-state index contributed by atoms with van der Waals surface area (Å²) >= 11 is 3.03. The maximum absolute atomic E-state index is 12.0.